The Bertz CT molecular complexity index is 341. The number of aliphatic carboxylic acids is 1. The molecule has 1 aromatic carbocycles. The summed E-state index contributed by atoms with van der Waals surface area (Å²) in [6.07, 6.45) is 0. The van der Waals surface area contributed by atoms with Crippen LogP contribution in [0.3, 0.4) is 0 Å². The van der Waals surface area contributed by atoms with Crippen molar-refractivity contribution >= 4 is 11.9 Å². The lowest BCUT2D eigenvalue weighted by atomic mass is 10.2. The third kappa shape index (κ3) is 2.78. The van der Waals surface area contributed by atoms with E-state index in [1.54, 1.807) is 0 Å². The summed E-state index contributed by atoms with van der Waals surface area (Å²) < 4.78 is 4.75. The van der Waals surface area contributed by atoms with E-state index in [4.69, 9.17) is 9.84 Å². The summed E-state index contributed by atoms with van der Waals surface area (Å²) in [7, 11) is 0. The van der Waals surface area contributed by atoms with Gasteiger partial charge in [-0.15, -0.1) is 0 Å². The van der Waals surface area contributed by atoms with E-state index >= 15 is 0 Å². The molecule has 0 unspecified atom stereocenters. The Kier molecular flexibility index (Phi) is 3.06. The van der Waals surface area contributed by atoms with Gasteiger partial charge in [0.15, 0.2) is 0 Å². The lowest BCUT2D eigenvalue weighted by molar-refractivity contribution is -0.307. The van der Waals surface area contributed by atoms with Crippen LogP contribution in [0.25, 0.3) is 0 Å². The lowest BCUT2D eigenvalue weighted by Gasteiger charge is -2.06. The minimum absolute atomic E-state index is 0.116. The maximum Gasteiger partial charge on any atom is 0.335 e. The molecule has 74 valence electrons. The van der Waals surface area contributed by atoms with Crippen LogP contribution < -0.4 is 9.84 Å². The quantitative estimate of drug-likeness (QED) is 0.700. The van der Waals surface area contributed by atoms with Crippen LogP contribution in [0, 0.1) is 0 Å². The predicted molar refractivity (Wildman–Crippen MR) is 43.9 cm³/mol. The fourth-order valence-corrected chi connectivity index (χ4v) is 0.836. The Labute approximate surface area is 79.6 Å². The zero-order chi connectivity index (χ0) is 10.6. The van der Waals surface area contributed by atoms with Crippen molar-refractivity contribution in [3.05, 3.63) is 29.8 Å². The molecule has 0 aromatic heterocycles. The molecule has 0 saturated carbocycles. The molecule has 0 aliphatic rings. The average molecular weight is 195 g/mol. The zero-order valence-electron chi connectivity index (χ0n) is 7.10. The number of rotatable bonds is 4. The van der Waals surface area contributed by atoms with Gasteiger partial charge >= 0.3 is 5.97 Å². The number of hydrogen-bond donors (Lipinski definition) is 1. The Morgan fingerprint density at radius 3 is 2.29 bits per heavy atom. The predicted octanol–water partition coefficient (Wildman–Crippen LogP) is -0.487. The van der Waals surface area contributed by atoms with Crippen LogP contribution in [0.4, 0.5) is 0 Å². The molecule has 0 spiro atoms. The minimum atomic E-state index is -1.33. The first-order valence-corrected chi connectivity index (χ1v) is 3.75. The van der Waals surface area contributed by atoms with E-state index in [1.807, 2.05) is 0 Å². The van der Waals surface area contributed by atoms with E-state index in [-0.39, 0.29) is 5.56 Å². The molecule has 0 amide bonds. The molecule has 0 saturated heterocycles. The first-order chi connectivity index (χ1) is 6.59. The van der Waals surface area contributed by atoms with Gasteiger partial charge in [-0.1, -0.05) is 0 Å². The molecule has 1 aromatic rings. The topological polar surface area (TPSA) is 86.7 Å². The largest absolute Gasteiger partial charge is 0.546 e. The number of carbonyl (C=O) groups excluding carboxylic acids is 1. The monoisotopic (exact) mass is 195 g/mol. The molecular formula is C9H7O5-. The third-order valence-electron chi connectivity index (χ3n) is 1.46. The van der Waals surface area contributed by atoms with E-state index in [1.165, 1.54) is 24.3 Å². The Morgan fingerprint density at radius 1 is 1.29 bits per heavy atom. The van der Waals surface area contributed by atoms with Gasteiger partial charge in [-0.3, -0.25) is 0 Å². The maximum absolute atomic E-state index is 10.4. The van der Waals surface area contributed by atoms with Crippen molar-refractivity contribution in [3.63, 3.8) is 0 Å². The highest BCUT2D eigenvalue weighted by Gasteiger charge is 2.01. The fraction of sp³-hybridized carbons (Fsp3) is 0.111. The van der Waals surface area contributed by atoms with Gasteiger partial charge in [0, 0.05) is 0 Å². The van der Waals surface area contributed by atoms with E-state index in [2.05, 4.69) is 0 Å². The number of benzene rings is 1. The zero-order valence-corrected chi connectivity index (χ0v) is 7.10. The van der Waals surface area contributed by atoms with Crippen molar-refractivity contribution in [3.8, 4) is 5.75 Å². The van der Waals surface area contributed by atoms with Gasteiger partial charge in [0.05, 0.1) is 11.5 Å². The maximum atomic E-state index is 10.4. The first-order valence-electron chi connectivity index (χ1n) is 3.75. The fourth-order valence-electron chi connectivity index (χ4n) is 0.836. The van der Waals surface area contributed by atoms with Crippen molar-refractivity contribution in [1.82, 2.24) is 0 Å². The van der Waals surface area contributed by atoms with Gasteiger partial charge in [-0.05, 0) is 24.3 Å². The molecule has 0 bridgehead atoms. The first kappa shape index (κ1) is 10.0. The number of aromatic carboxylic acids is 1. The van der Waals surface area contributed by atoms with Crippen LogP contribution in [-0.2, 0) is 4.79 Å². The number of ether oxygens (including phenoxy) is 1. The summed E-state index contributed by atoms with van der Waals surface area (Å²) in [6.45, 7) is -0.549. The summed E-state index contributed by atoms with van der Waals surface area (Å²) in [6, 6.07) is 5.42. The molecule has 0 aliphatic carbocycles. The van der Waals surface area contributed by atoms with Gasteiger partial charge in [0.25, 0.3) is 0 Å². The Hall–Kier alpha value is -2.04. The van der Waals surface area contributed by atoms with Crippen LogP contribution >= 0.6 is 0 Å². The normalized spacial score (nSPS) is 9.43. The number of carboxylic acids is 2. The van der Waals surface area contributed by atoms with E-state index in [0.717, 1.165) is 0 Å². The summed E-state index contributed by atoms with van der Waals surface area (Å²) >= 11 is 0. The van der Waals surface area contributed by atoms with Crippen molar-refractivity contribution in [2.45, 2.75) is 0 Å². The summed E-state index contributed by atoms with van der Waals surface area (Å²) in [5.41, 5.74) is 0.116. The van der Waals surface area contributed by atoms with Crippen LogP contribution in [-0.4, -0.2) is 23.7 Å². The van der Waals surface area contributed by atoms with E-state index < -0.39 is 18.5 Å². The molecule has 5 heteroatoms. The second-order valence-electron chi connectivity index (χ2n) is 2.49. The number of carboxylic acid groups (broad SMARTS) is 2. The van der Waals surface area contributed by atoms with Gasteiger partial charge in [-0.25, -0.2) is 4.79 Å². The van der Waals surface area contributed by atoms with Crippen LogP contribution in [0.2, 0.25) is 0 Å². The van der Waals surface area contributed by atoms with Crippen LogP contribution in [0.15, 0.2) is 24.3 Å². The SMILES string of the molecule is O=C([O-])COc1ccc(C(=O)O)cc1. The summed E-state index contributed by atoms with van der Waals surface area (Å²) in [5, 5.41) is 18.6. The molecule has 0 atom stereocenters. The molecule has 0 heterocycles. The molecule has 0 radical (unpaired) electrons. The van der Waals surface area contributed by atoms with Crippen LogP contribution in [0.1, 0.15) is 10.4 Å². The van der Waals surface area contributed by atoms with Crippen molar-refractivity contribution < 1.29 is 24.5 Å². The van der Waals surface area contributed by atoms with E-state index in [0.29, 0.717) is 5.75 Å². The molecule has 0 fully saturated rings. The second kappa shape index (κ2) is 4.27. The third-order valence-corrected chi connectivity index (χ3v) is 1.46. The Balaban J connectivity index is 2.64. The van der Waals surface area contributed by atoms with Crippen molar-refractivity contribution in [1.29, 1.82) is 0 Å². The average Bonchev–Trinajstić information content (AvgIpc) is 2.15. The highest BCUT2D eigenvalue weighted by Crippen LogP contribution is 2.11. The van der Waals surface area contributed by atoms with Crippen molar-refractivity contribution in [2.24, 2.45) is 0 Å². The Morgan fingerprint density at radius 2 is 1.86 bits per heavy atom. The molecule has 1 N–H and O–H groups in total. The molecule has 5 nitrogen and oxygen atoms in total. The van der Waals surface area contributed by atoms with Gasteiger partial charge < -0.3 is 19.7 Å². The van der Waals surface area contributed by atoms with Crippen LogP contribution in [0.5, 0.6) is 5.75 Å². The highest BCUT2D eigenvalue weighted by atomic mass is 16.5. The smallest absolute Gasteiger partial charge is 0.335 e. The summed E-state index contributed by atoms with van der Waals surface area (Å²) in [4.78, 5) is 20.5. The highest BCUT2D eigenvalue weighted by molar-refractivity contribution is 5.87. The molecular weight excluding hydrogens is 188 g/mol. The molecule has 1 rings (SSSR count). The van der Waals surface area contributed by atoms with Gasteiger partial charge in [0.1, 0.15) is 12.4 Å². The minimum Gasteiger partial charge on any atom is -0.546 e. The molecule has 14 heavy (non-hydrogen) atoms. The molecule has 0 aliphatic heterocycles. The van der Waals surface area contributed by atoms with Crippen molar-refractivity contribution in [2.75, 3.05) is 6.61 Å². The number of carbonyl (C=O) groups is 2. The standard InChI is InChI=1S/C9H8O5/c10-8(11)5-14-7-3-1-6(2-4-7)9(12)13/h1-4H,5H2,(H,10,11)(H,12,13)/p-1. The van der Waals surface area contributed by atoms with E-state index in [9.17, 15) is 14.7 Å². The number of hydrogen-bond acceptors (Lipinski definition) is 4. The lowest BCUT2D eigenvalue weighted by Crippen LogP contribution is -2.28. The second-order valence-corrected chi connectivity index (χ2v) is 2.49. The van der Waals surface area contributed by atoms with Gasteiger partial charge in [-0.2, -0.15) is 0 Å². The summed E-state index contributed by atoms with van der Waals surface area (Å²) in [5.74, 6) is -2.08. The van der Waals surface area contributed by atoms with Gasteiger partial charge in [0.2, 0.25) is 0 Å².